The Hall–Kier alpha value is -3.71. The minimum atomic E-state index is -1.25. The van der Waals surface area contributed by atoms with Gasteiger partial charge < -0.3 is 39.6 Å². The molecular formula is C23H23B2N3O9. The molecule has 3 heterocycles. The molecular weight excluding hydrogens is 484 g/mol. The molecule has 1 atom stereocenters. The van der Waals surface area contributed by atoms with Crippen molar-refractivity contribution in [1.82, 2.24) is 15.1 Å². The maximum atomic E-state index is 13.4. The maximum Gasteiger partial charge on any atom is 0.491 e. The Morgan fingerprint density at radius 2 is 1.46 bits per heavy atom. The van der Waals surface area contributed by atoms with Crippen LogP contribution in [0.3, 0.4) is 0 Å². The predicted molar refractivity (Wildman–Crippen MR) is 129 cm³/mol. The number of carboxylic acids is 1. The van der Waals surface area contributed by atoms with Crippen molar-refractivity contribution in [2.24, 2.45) is 0 Å². The molecule has 3 aliphatic rings. The Bertz CT molecular complexity index is 1290. The lowest BCUT2D eigenvalue weighted by Gasteiger charge is -2.40. The highest BCUT2D eigenvalue weighted by molar-refractivity contribution is 6.62. The van der Waals surface area contributed by atoms with Gasteiger partial charge in [-0.05, 0) is 46.3 Å². The predicted octanol–water partition coefficient (Wildman–Crippen LogP) is -2.71. The van der Waals surface area contributed by atoms with E-state index >= 15 is 0 Å². The molecule has 0 radical (unpaired) electrons. The first-order valence-corrected chi connectivity index (χ1v) is 11.7. The van der Waals surface area contributed by atoms with Crippen LogP contribution in [0.1, 0.15) is 31.8 Å². The third-order valence-corrected chi connectivity index (χ3v) is 6.76. The van der Waals surface area contributed by atoms with Crippen LogP contribution in [0, 0.1) is 0 Å². The second kappa shape index (κ2) is 9.98. The van der Waals surface area contributed by atoms with Gasteiger partial charge in [0.2, 0.25) is 5.91 Å². The fourth-order valence-corrected chi connectivity index (χ4v) is 4.76. The van der Waals surface area contributed by atoms with E-state index in [-0.39, 0.29) is 38.4 Å². The lowest BCUT2D eigenvalue weighted by atomic mass is 9.78. The van der Waals surface area contributed by atoms with Gasteiger partial charge in [-0.25, -0.2) is 0 Å². The standard InChI is InChI=1S/C23H23B2N3O9/c29-20(30)9-26-21(31)19-10-27(22(32)13-1-3-15-11-36-24(34)17(15)7-13)5-6-28(19)23(33)14-2-4-16-12-37-25(35)18(16)8-14/h1-4,7-8,19,34-35H,5-6,9-12H2,(H,26,31)(H,29,30)/t19-/m0/s1. The van der Waals surface area contributed by atoms with Gasteiger partial charge in [-0.15, -0.1) is 0 Å². The summed E-state index contributed by atoms with van der Waals surface area (Å²) in [5, 5.41) is 31.3. The average molecular weight is 507 g/mol. The van der Waals surface area contributed by atoms with Crippen LogP contribution >= 0.6 is 0 Å². The normalized spacial score (nSPS) is 18.5. The molecule has 3 amide bonds. The smallest absolute Gasteiger partial charge is 0.480 e. The molecule has 3 aliphatic heterocycles. The SMILES string of the molecule is O=C(O)CNC(=O)[C@@H]1CN(C(=O)c2ccc3c(c2)B(O)OC3)CCN1C(=O)c1ccc2c(c1)B(O)OC2. The minimum absolute atomic E-state index is 0.0164. The van der Waals surface area contributed by atoms with Crippen LogP contribution in [0.5, 0.6) is 0 Å². The summed E-state index contributed by atoms with van der Waals surface area (Å²) in [7, 11) is -2.27. The van der Waals surface area contributed by atoms with Gasteiger partial charge in [0.25, 0.3) is 11.8 Å². The Balaban J connectivity index is 1.38. The van der Waals surface area contributed by atoms with Crippen molar-refractivity contribution in [2.75, 3.05) is 26.2 Å². The molecule has 0 aromatic heterocycles. The van der Waals surface area contributed by atoms with E-state index in [0.717, 1.165) is 11.1 Å². The molecule has 0 bridgehead atoms. The van der Waals surface area contributed by atoms with E-state index in [4.69, 9.17) is 14.4 Å². The van der Waals surface area contributed by atoms with Crippen LogP contribution in [0.2, 0.25) is 0 Å². The van der Waals surface area contributed by atoms with E-state index in [2.05, 4.69) is 5.32 Å². The highest BCUT2D eigenvalue weighted by Crippen LogP contribution is 2.20. The molecule has 37 heavy (non-hydrogen) atoms. The number of aliphatic carboxylic acids is 1. The van der Waals surface area contributed by atoms with Crippen LogP contribution in [0.15, 0.2) is 36.4 Å². The van der Waals surface area contributed by atoms with Crippen LogP contribution in [-0.4, -0.2) is 95.1 Å². The first kappa shape index (κ1) is 25.0. The quantitative estimate of drug-likeness (QED) is 0.315. The molecule has 190 valence electrons. The fraction of sp³-hybridized carbons (Fsp3) is 0.304. The number of piperazine rings is 1. The molecule has 0 aliphatic carbocycles. The van der Waals surface area contributed by atoms with Crippen molar-refractivity contribution in [2.45, 2.75) is 19.3 Å². The van der Waals surface area contributed by atoms with E-state index in [1.165, 1.54) is 15.9 Å². The molecule has 0 saturated carbocycles. The highest BCUT2D eigenvalue weighted by atomic mass is 16.5. The summed E-state index contributed by atoms with van der Waals surface area (Å²) >= 11 is 0. The van der Waals surface area contributed by atoms with Crippen molar-refractivity contribution in [1.29, 1.82) is 0 Å². The first-order chi connectivity index (χ1) is 17.7. The molecule has 2 aromatic rings. The first-order valence-electron chi connectivity index (χ1n) is 11.7. The van der Waals surface area contributed by atoms with Gasteiger partial charge in [0.1, 0.15) is 12.6 Å². The molecule has 5 rings (SSSR count). The highest BCUT2D eigenvalue weighted by Gasteiger charge is 2.39. The molecule has 0 spiro atoms. The molecule has 1 saturated heterocycles. The number of benzene rings is 2. The largest absolute Gasteiger partial charge is 0.491 e. The summed E-state index contributed by atoms with van der Waals surface area (Å²) < 4.78 is 10.4. The molecule has 2 aromatic carbocycles. The van der Waals surface area contributed by atoms with E-state index in [1.807, 2.05) is 0 Å². The number of nitrogens with one attached hydrogen (secondary N) is 1. The average Bonchev–Trinajstić information content (AvgIpc) is 3.47. The number of nitrogens with zero attached hydrogens (tertiary/aromatic N) is 2. The Morgan fingerprint density at radius 3 is 2.03 bits per heavy atom. The van der Waals surface area contributed by atoms with Crippen molar-refractivity contribution in [3.8, 4) is 0 Å². The molecule has 14 heteroatoms. The Kier molecular flexibility index (Phi) is 6.73. The van der Waals surface area contributed by atoms with Gasteiger partial charge in [-0.2, -0.15) is 0 Å². The Labute approximate surface area is 212 Å². The number of hydrogen-bond donors (Lipinski definition) is 4. The zero-order valence-electron chi connectivity index (χ0n) is 19.6. The van der Waals surface area contributed by atoms with Gasteiger partial charge in [0.05, 0.1) is 19.8 Å². The summed E-state index contributed by atoms with van der Waals surface area (Å²) in [5.41, 5.74) is 3.01. The van der Waals surface area contributed by atoms with Crippen LogP contribution in [0.25, 0.3) is 0 Å². The zero-order chi connectivity index (χ0) is 26.3. The lowest BCUT2D eigenvalue weighted by Crippen LogP contribution is -2.62. The molecule has 0 unspecified atom stereocenters. The Morgan fingerprint density at radius 1 is 0.892 bits per heavy atom. The third kappa shape index (κ3) is 4.83. The zero-order valence-corrected chi connectivity index (χ0v) is 19.6. The fourth-order valence-electron chi connectivity index (χ4n) is 4.76. The van der Waals surface area contributed by atoms with Crippen LogP contribution in [0.4, 0.5) is 0 Å². The van der Waals surface area contributed by atoms with Gasteiger partial charge in [-0.1, -0.05) is 12.1 Å². The number of carboxylic acid groups (broad SMARTS) is 1. The molecule has 4 N–H and O–H groups in total. The van der Waals surface area contributed by atoms with E-state index in [9.17, 15) is 29.2 Å². The summed E-state index contributed by atoms with van der Waals surface area (Å²) in [4.78, 5) is 53.4. The van der Waals surface area contributed by atoms with Gasteiger partial charge in [-0.3, -0.25) is 19.2 Å². The van der Waals surface area contributed by atoms with Crippen molar-refractivity contribution in [3.63, 3.8) is 0 Å². The van der Waals surface area contributed by atoms with E-state index in [0.29, 0.717) is 16.5 Å². The second-order valence-corrected chi connectivity index (χ2v) is 9.03. The number of fused-ring (bicyclic) bond motifs is 2. The topological polar surface area (TPSA) is 166 Å². The lowest BCUT2D eigenvalue weighted by molar-refractivity contribution is -0.139. The monoisotopic (exact) mass is 507 g/mol. The number of hydrogen-bond acceptors (Lipinski definition) is 8. The van der Waals surface area contributed by atoms with Crippen molar-refractivity contribution in [3.05, 3.63) is 58.7 Å². The summed E-state index contributed by atoms with van der Waals surface area (Å²) in [6.07, 6.45) is 0. The molecule has 1 fully saturated rings. The number of amides is 3. The minimum Gasteiger partial charge on any atom is -0.480 e. The summed E-state index contributed by atoms with van der Waals surface area (Å²) in [6, 6.07) is 8.46. The van der Waals surface area contributed by atoms with Gasteiger partial charge >= 0.3 is 20.2 Å². The van der Waals surface area contributed by atoms with Crippen molar-refractivity contribution >= 4 is 48.9 Å². The summed E-state index contributed by atoms with van der Waals surface area (Å²) in [5.74, 6) is -2.86. The van der Waals surface area contributed by atoms with Gasteiger partial charge in [0.15, 0.2) is 0 Å². The van der Waals surface area contributed by atoms with Crippen LogP contribution < -0.4 is 16.2 Å². The maximum absolute atomic E-state index is 13.4. The summed E-state index contributed by atoms with van der Waals surface area (Å²) in [6.45, 7) is -0.205. The van der Waals surface area contributed by atoms with E-state index in [1.54, 1.807) is 30.3 Å². The third-order valence-electron chi connectivity index (χ3n) is 6.76. The molecule has 12 nitrogen and oxygen atoms in total. The number of carbonyl (C=O) groups is 4. The van der Waals surface area contributed by atoms with E-state index < -0.39 is 50.5 Å². The second-order valence-electron chi connectivity index (χ2n) is 9.03. The van der Waals surface area contributed by atoms with Crippen molar-refractivity contribution < 1.29 is 43.6 Å². The van der Waals surface area contributed by atoms with Crippen LogP contribution in [-0.2, 0) is 32.1 Å². The number of rotatable bonds is 5. The number of carbonyl (C=O) groups excluding carboxylic acids is 3. The van der Waals surface area contributed by atoms with Gasteiger partial charge in [0, 0.05) is 24.2 Å².